The summed E-state index contributed by atoms with van der Waals surface area (Å²) in [7, 11) is -3.43. The maximum absolute atomic E-state index is 12.2. The maximum atomic E-state index is 12.2. The predicted molar refractivity (Wildman–Crippen MR) is 126 cm³/mol. The molecule has 0 fully saturated rings. The van der Waals surface area contributed by atoms with Gasteiger partial charge in [0.15, 0.2) is 0 Å². The fourth-order valence-corrected chi connectivity index (χ4v) is 4.15. The summed E-state index contributed by atoms with van der Waals surface area (Å²) in [6.45, 7) is 3.11. The van der Waals surface area contributed by atoms with E-state index in [2.05, 4.69) is 12.2 Å². The van der Waals surface area contributed by atoms with Gasteiger partial charge in [-0.05, 0) is 61.2 Å². The quantitative estimate of drug-likeness (QED) is 0.443. The number of unbranched alkanes of at least 4 members (excludes halogenated alkanes) is 1. The van der Waals surface area contributed by atoms with Crippen LogP contribution in [0.2, 0.25) is 5.02 Å². The molecule has 2 aromatic carbocycles. The Kier molecular flexibility index (Phi) is 10.1. The van der Waals surface area contributed by atoms with Gasteiger partial charge in [-0.3, -0.25) is 9.10 Å². The molecule has 0 bridgehead atoms. The summed E-state index contributed by atoms with van der Waals surface area (Å²) in [5, 5.41) is 3.42. The van der Waals surface area contributed by atoms with Crippen molar-refractivity contribution in [2.24, 2.45) is 0 Å². The zero-order valence-corrected chi connectivity index (χ0v) is 19.7. The summed E-state index contributed by atoms with van der Waals surface area (Å²) >= 11 is 5.82. The monoisotopic (exact) mass is 466 g/mol. The van der Waals surface area contributed by atoms with Crippen molar-refractivity contribution in [3.8, 4) is 5.75 Å². The van der Waals surface area contributed by atoms with E-state index in [1.807, 2.05) is 24.3 Å². The highest BCUT2D eigenvalue weighted by Gasteiger charge is 2.17. The van der Waals surface area contributed by atoms with Crippen LogP contribution in [0, 0.1) is 0 Å². The Bertz CT molecular complexity index is 916. The first-order valence-electron chi connectivity index (χ1n) is 10.5. The van der Waals surface area contributed by atoms with E-state index in [-0.39, 0.29) is 18.9 Å². The molecule has 0 spiro atoms. The SMILES string of the molecule is CCCCc1ccc(N(CCCC(=O)NCCOc2ccc(Cl)cc2)S(C)(=O)=O)cc1. The lowest BCUT2D eigenvalue weighted by Crippen LogP contribution is -2.32. The predicted octanol–water partition coefficient (Wildman–Crippen LogP) is 4.42. The fourth-order valence-electron chi connectivity index (χ4n) is 3.06. The zero-order chi connectivity index (χ0) is 22.7. The molecule has 0 unspecified atom stereocenters. The van der Waals surface area contributed by atoms with Crippen molar-refractivity contribution in [3.05, 3.63) is 59.1 Å². The molecule has 2 rings (SSSR count). The van der Waals surface area contributed by atoms with Crippen molar-refractivity contribution in [2.75, 3.05) is 30.3 Å². The number of aryl methyl sites for hydroxylation is 1. The minimum Gasteiger partial charge on any atom is -0.492 e. The van der Waals surface area contributed by atoms with Crippen molar-refractivity contribution in [2.45, 2.75) is 39.0 Å². The van der Waals surface area contributed by atoms with Crippen molar-refractivity contribution in [3.63, 3.8) is 0 Å². The second-order valence-electron chi connectivity index (χ2n) is 7.36. The lowest BCUT2D eigenvalue weighted by molar-refractivity contribution is -0.121. The first-order valence-corrected chi connectivity index (χ1v) is 12.7. The molecule has 0 saturated carbocycles. The Balaban J connectivity index is 1.76. The molecule has 1 N–H and O–H groups in total. The first kappa shape index (κ1) is 25.0. The van der Waals surface area contributed by atoms with E-state index in [4.69, 9.17) is 16.3 Å². The van der Waals surface area contributed by atoms with Crippen molar-refractivity contribution >= 4 is 33.2 Å². The number of rotatable bonds is 13. The highest BCUT2D eigenvalue weighted by atomic mass is 35.5. The summed E-state index contributed by atoms with van der Waals surface area (Å²) in [5.41, 5.74) is 1.82. The van der Waals surface area contributed by atoms with Crippen molar-refractivity contribution in [1.82, 2.24) is 5.32 Å². The van der Waals surface area contributed by atoms with Gasteiger partial charge in [0.05, 0.1) is 18.5 Å². The number of anilines is 1. The van der Waals surface area contributed by atoms with Crippen LogP contribution in [0.4, 0.5) is 5.69 Å². The van der Waals surface area contributed by atoms with Crippen LogP contribution in [-0.2, 0) is 21.2 Å². The highest BCUT2D eigenvalue weighted by molar-refractivity contribution is 7.92. The van der Waals surface area contributed by atoms with Gasteiger partial charge < -0.3 is 10.1 Å². The standard InChI is InChI=1S/C23H31ClN2O4S/c1-3-4-6-19-8-12-21(13-9-19)26(31(2,28)29)17-5-7-23(27)25-16-18-30-22-14-10-20(24)11-15-22/h8-15H,3-7,16-18H2,1-2H3,(H,25,27). The number of carbonyl (C=O) groups excluding carboxylic acids is 1. The maximum Gasteiger partial charge on any atom is 0.232 e. The Morgan fingerprint density at radius 3 is 2.35 bits per heavy atom. The van der Waals surface area contributed by atoms with Crippen LogP contribution in [0.25, 0.3) is 0 Å². The Hall–Kier alpha value is -2.25. The van der Waals surface area contributed by atoms with Crippen LogP contribution in [0.15, 0.2) is 48.5 Å². The van der Waals surface area contributed by atoms with E-state index in [9.17, 15) is 13.2 Å². The average Bonchev–Trinajstić information content (AvgIpc) is 2.74. The van der Waals surface area contributed by atoms with Gasteiger partial charge in [-0.25, -0.2) is 8.42 Å². The largest absolute Gasteiger partial charge is 0.492 e. The van der Waals surface area contributed by atoms with Crippen LogP contribution in [0.3, 0.4) is 0 Å². The molecule has 0 saturated heterocycles. The molecule has 8 heteroatoms. The molecule has 1 amide bonds. The van der Waals surface area contributed by atoms with Gasteiger partial charge in [-0.15, -0.1) is 0 Å². The number of carbonyl (C=O) groups is 1. The molecule has 0 aliphatic heterocycles. The normalized spacial score (nSPS) is 11.2. The second-order valence-corrected chi connectivity index (χ2v) is 9.70. The van der Waals surface area contributed by atoms with E-state index < -0.39 is 10.0 Å². The number of benzene rings is 2. The summed E-state index contributed by atoms with van der Waals surface area (Å²) in [5.74, 6) is 0.547. The number of nitrogens with zero attached hydrogens (tertiary/aromatic N) is 1. The van der Waals surface area contributed by atoms with Crippen molar-refractivity contribution in [1.29, 1.82) is 0 Å². The first-order chi connectivity index (χ1) is 14.8. The van der Waals surface area contributed by atoms with Crippen molar-refractivity contribution < 1.29 is 17.9 Å². The Morgan fingerprint density at radius 1 is 1.06 bits per heavy atom. The molecule has 2 aromatic rings. The van der Waals surface area contributed by atoms with Crippen LogP contribution < -0.4 is 14.4 Å². The van der Waals surface area contributed by atoms with Gasteiger partial charge in [0.1, 0.15) is 12.4 Å². The summed E-state index contributed by atoms with van der Waals surface area (Å²) in [6.07, 6.45) is 5.06. The molecule has 6 nitrogen and oxygen atoms in total. The minimum atomic E-state index is -3.43. The number of sulfonamides is 1. The van der Waals surface area contributed by atoms with Gasteiger partial charge in [0.2, 0.25) is 15.9 Å². The number of hydrogen-bond acceptors (Lipinski definition) is 4. The zero-order valence-electron chi connectivity index (χ0n) is 18.1. The van der Waals surface area contributed by atoms with E-state index >= 15 is 0 Å². The number of halogens is 1. The number of ether oxygens (including phenoxy) is 1. The lowest BCUT2D eigenvalue weighted by atomic mass is 10.1. The van der Waals surface area contributed by atoms with Crippen LogP contribution >= 0.6 is 11.6 Å². The second kappa shape index (κ2) is 12.6. The average molecular weight is 467 g/mol. The molecule has 0 heterocycles. The number of amides is 1. The molecule has 0 atom stereocenters. The Labute approximate surface area is 190 Å². The topological polar surface area (TPSA) is 75.7 Å². The van der Waals surface area contributed by atoms with Gasteiger partial charge >= 0.3 is 0 Å². The minimum absolute atomic E-state index is 0.136. The summed E-state index contributed by atoms with van der Waals surface area (Å²) in [6, 6.07) is 14.6. The third-order valence-corrected chi connectivity index (χ3v) is 6.16. The third-order valence-electron chi connectivity index (χ3n) is 4.72. The molecule has 170 valence electrons. The summed E-state index contributed by atoms with van der Waals surface area (Å²) in [4.78, 5) is 12.1. The molecular weight excluding hydrogens is 436 g/mol. The molecule has 0 radical (unpaired) electrons. The third kappa shape index (κ3) is 9.19. The Morgan fingerprint density at radius 2 is 1.74 bits per heavy atom. The van der Waals surface area contributed by atoms with Gasteiger partial charge in [-0.2, -0.15) is 0 Å². The summed E-state index contributed by atoms with van der Waals surface area (Å²) < 4.78 is 31.3. The highest BCUT2D eigenvalue weighted by Crippen LogP contribution is 2.20. The van der Waals surface area contributed by atoms with E-state index in [0.717, 1.165) is 19.3 Å². The molecule has 0 aliphatic carbocycles. The smallest absolute Gasteiger partial charge is 0.232 e. The van der Waals surface area contributed by atoms with E-state index in [0.29, 0.717) is 36.0 Å². The van der Waals surface area contributed by atoms with E-state index in [1.165, 1.54) is 16.1 Å². The number of hydrogen-bond donors (Lipinski definition) is 1. The van der Waals surface area contributed by atoms with Gasteiger partial charge in [-0.1, -0.05) is 37.1 Å². The molecule has 31 heavy (non-hydrogen) atoms. The van der Waals surface area contributed by atoms with Crippen LogP contribution in [0.1, 0.15) is 38.2 Å². The van der Waals surface area contributed by atoms with Gasteiger partial charge in [0.25, 0.3) is 0 Å². The molecular formula is C23H31ClN2O4S. The van der Waals surface area contributed by atoms with E-state index in [1.54, 1.807) is 24.3 Å². The lowest BCUT2D eigenvalue weighted by Gasteiger charge is -2.22. The molecule has 0 aliphatic rings. The van der Waals surface area contributed by atoms with Crippen LogP contribution in [0.5, 0.6) is 5.75 Å². The fraction of sp³-hybridized carbons (Fsp3) is 0.435. The number of nitrogens with one attached hydrogen (secondary N) is 1. The van der Waals surface area contributed by atoms with Gasteiger partial charge in [0, 0.05) is 18.0 Å². The van der Waals surface area contributed by atoms with Crippen LogP contribution in [-0.4, -0.2) is 40.3 Å². The molecule has 0 aromatic heterocycles.